The van der Waals surface area contributed by atoms with Crippen LogP contribution in [0.5, 0.6) is 0 Å². The summed E-state index contributed by atoms with van der Waals surface area (Å²) in [5.41, 5.74) is 5.88. The number of halogens is 1. The molecule has 0 unspecified atom stereocenters. The number of likely N-dealkylation sites (N-methyl/N-ethyl adjacent to an activating group) is 1. The first-order chi connectivity index (χ1) is 17.2. The molecule has 1 aromatic heterocycles. The van der Waals surface area contributed by atoms with E-state index in [1.54, 1.807) is 24.3 Å². The van der Waals surface area contributed by atoms with Crippen molar-refractivity contribution in [2.75, 3.05) is 38.5 Å². The van der Waals surface area contributed by atoms with Crippen molar-refractivity contribution in [1.29, 1.82) is 0 Å². The van der Waals surface area contributed by atoms with Gasteiger partial charge in [0.2, 0.25) is 16.0 Å². The molecular weight excluding hydrogens is 496 g/mol. The van der Waals surface area contributed by atoms with Gasteiger partial charge in [0.25, 0.3) is 0 Å². The van der Waals surface area contributed by atoms with Crippen molar-refractivity contribution in [3.63, 3.8) is 0 Å². The van der Waals surface area contributed by atoms with Crippen LogP contribution in [0.1, 0.15) is 11.1 Å². The summed E-state index contributed by atoms with van der Waals surface area (Å²) in [7, 11) is -1.59. The van der Waals surface area contributed by atoms with Crippen LogP contribution in [0.25, 0.3) is 22.2 Å². The molecule has 4 aromatic rings. The zero-order valence-electron chi connectivity index (χ0n) is 20.4. The molecule has 1 fully saturated rings. The molecule has 1 aliphatic rings. The van der Waals surface area contributed by atoms with Crippen LogP contribution < -0.4 is 5.32 Å². The highest BCUT2D eigenvalue weighted by atomic mass is 35.5. The molecule has 8 nitrogen and oxygen atoms in total. The average Bonchev–Trinajstić information content (AvgIpc) is 2.86. The van der Waals surface area contributed by atoms with Gasteiger partial charge in [-0.05, 0) is 74.5 Å². The summed E-state index contributed by atoms with van der Waals surface area (Å²) in [6.07, 6.45) is 0. The number of nitrogens with zero attached hydrogens (tertiary/aromatic N) is 5. The predicted octanol–water partition coefficient (Wildman–Crippen LogP) is 4.64. The van der Waals surface area contributed by atoms with Crippen molar-refractivity contribution in [1.82, 2.24) is 24.4 Å². The lowest BCUT2D eigenvalue weighted by atomic mass is 10.0. The predicted molar refractivity (Wildman–Crippen MR) is 143 cm³/mol. The van der Waals surface area contributed by atoms with E-state index in [0.717, 1.165) is 22.3 Å². The number of aromatic nitrogens is 3. The smallest absolute Gasteiger partial charge is 0.247 e. The Labute approximate surface area is 216 Å². The van der Waals surface area contributed by atoms with Crippen molar-refractivity contribution >= 4 is 44.3 Å². The van der Waals surface area contributed by atoms with E-state index in [1.165, 1.54) is 4.31 Å². The Morgan fingerprint density at radius 2 is 1.72 bits per heavy atom. The second-order valence-corrected chi connectivity index (χ2v) is 11.5. The molecule has 0 atom stereocenters. The summed E-state index contributed by atoms with van der Waals surface area (Å²) < 4.78 is 27.8. The topological polar surface area (TPSA) is 91.3 Å². The van der Waals surface area contributed by atoms with Crippen molar-refractivity contribution in [2.24, 2.45) is 0 Å². The Morgan fingerprint density at radius 3 is 2.50 bits per heavy atom. The van der Waals surface area contributed by atoms with Crippen molar-refractivity contribution in [3.05, 3.63) is 70.7 Å². The standard InChI is InChI=1S/C26H27ClN6O2S/c1-17-7-8-23(27)22(13-17)19-14-18(2)25-24(15-19)30-31-26(29-25)28-20-5-4-6-21(16-20)36(34,35)33-11-9-32(3)10-12-33/h4-8,13-16H,9-12H2,1-3H3,(H,28,29,31). The highest BCUT2D eigenvalue weighted by Gasteiger charge is 2.27. The van der Waals surface area contributed by atoms with E-state index >= 15 is 0 Å². The summed E-state index contributed by atoms with van der Waals surface area (Å²) in [5, 5.41) is 12.4. The SMILES string of the molecule is Cc1ccc(Cl)c(-c2cc(C)c3nc(Nc4cccc(S(=O)(=O)N5CCN(C)CC5)c4)nnc3c2)c1. The largest absolute Gasteiger partial charge is 0.323 e. The lowest BCUT2D eigenvalue weighted by molar-refractivity contribution is 0.222. The normalized spacial score (nSPS) is 15.3. The molecule has 0 spiro atoms. The molecule has 186 valence electrons. The number of benzene rings is 3. The summed E-state index contributed by atoms with van der Waals surface area (Å²) in [5.74, 6) is 0.293. The Morgan fingerprint density at radius 1 is 0.944 bits per heavy atom. The molecule has 3 aromatic carbocycles. The molecule has 5 rings (SSSR count). The summed E-state index contributed by atoms with van der Waals surface area (Å²) in [6.45, 7) is 6.37. The molecular formula is C26H27ClN6O2S. The molecule has 2 heterocycles. The Bertz CT molecular complexity index is 1550. The molecule has 1 aliphatic heterocycles. The van der Waals surface area contributed by atoms with E-state index in [4.69, 9.17) is 11.6 Å². The van der Waals surface area contributed by atoms with E-state index in [2.05, 4.69) is 25.4 Å². The third-order valence-corrected chi connectivity index (χ3v) is 8.60. The fourth-order valence-corrected chi connectivity index (χ4v) is 6.02. The van der Waals surface area contributed by atoms with Gasteiger partial charge >= 0.3 is 0 Å². The number of hydrogen-bond donors (Lipinski definition) is 1. The van der Waals surface area contributed by atoms with Gasteiger partial charge in [-0.3, -0.25) is 0 Å². The third kappa shape index (κ3) is 4.92. The lowest BCUT2D eigenvalue weighted by Gasteiger charge is -2.31. The molecule has 10 heteroatoms. The van der Waals surface area contributed by atoms with Gasteiger partial charge in [0.15, 0.2) is 0 Å². The van der Waals surface area contributed by atoms with Crippen LogP contribution in [0.15, 0.2) is 59.5 Å². The summed E-state index contributed by atoms with van der Waals surface area (Å²) in [4.78, 5) is 7.01. The van der Waals surface area contributed by atoms with Crippen molar-refractivity contribution in [3.8, 4) is 11.1 Å². The number of fused-ring (bicyclic) bond motifs is 1. The van der Waals surface area contributed by atoms with E-state index in [-0.39, 0.29) is 4.90 Å². The van der Waals surface area contributed by atoms with Gasteiger partial charge in [0.1, 0.15) is 5.52 Å². The Balaban J connectivity index is 1.42. The highest BCUT2D eigenvalue weighted by Crippen LogP contribution is 2.32. The van der Waals surface area contributed by atoms with Crippen LogP contribution in [-0.2, 0) is 10.0 Å². The molecule has 0 aliphatic carbocycles. The lowest BCUT2D eigenvalue weighted by Crippen LogP contribution is -2.47. The monoisotopic (exact) mass is 522 g/mol. The second kappa shape index (κ2) is 9.74. The first-order valence-electron chi connectivity index (χ1n) is 11.7. The summed E-state index contributed by atoms with van der Waals surface area (Å²) in [6, 6.07) is 16.6. The van der Waals surface area contributed by atoms with Crippen LogP contribution in [0.2, 0.25) is 5.02 Å². The van der Waals surface area contributed by atoms with Crippen LogP contribution in [0.3, 0.4) is 0 Å². The van der Waals surface area contributed by atoms with Gasteiger partial charge < -0.3 is 10.2 Å². The maximum absolute atomic E-state index is 13.1. The van der Waals surface area contributed by atoms with E-state index < -0.39 is 10.0 Å². The number of anilines is 2. The van der Waals surface area contributed by atoms with Gasteiger partial charge in [-0.1, -0.05) is 29.3 Å². The minimum atomic E-state index is -3.58. The first kappa shape index (κ1) is 24.6. The number of hydrogen-bond acceptors (Lipinski definition) is 7. The molecule has 0 saturated carbocycles. The van der Waals surface area contributed by atoms with E-state index in [9.17, 15) is 8.42 Å². The average molecular weight is 523 g/mol. The number of sulfonamides is 1. The molecule has 0 radical (unpaired) electrons. The minimum Gasteiger partial charge on any atom is -0.323 e. The number of rotatable bonds is 5. The van der Waals surface area contributed by atoms with Gasteiger partial charge in [-0.2, -0.15) is 4.31 Å². The molecule has 1 N–H and O–H groups in total. The van der Waals surface area contributed by atoms with E-state index in [1.807, 2.05) is 51.2 Å². The van der Waals surface area contributed by atoms with Gasteiger partial charge in [0, 0.05) is 42.5 Å². The maximum atomic E-state index is 13.1. The van der Waals surface area contributed by atoms with Crippen LogP contribution in [0, 0.1) is 13.8 Å². The number of aryl methyl sites for hydroxylation is 2. The zero-order valence-corrected chi connectivity index (χ0v) is 21.9. The minimum absolute atomic E-state index is 0.238. The quantitative estimate of drug-likeness (QED) is 0.408. The fraction of sp³-hybridized carbons (Fsp3) is 0.269. The number of nitrogens with one attached hydrogen (secondary N) is 1. The van der Waals surface area contributed by atoms with Crippen LogP contribution in [0.4, 0.5) is 11.6 Å². The molecule has 0 amide bonds. The fourth-order valence-electron chi connectivity index (χ4n) is 4.32. The van der Waals surface area contributed by atoms with Gasteiger partial charge in [-0.25, -0.2) is 13.4 Å². The van der Waals surface area contributed by atoms with Crippen LogP contribution >= 0.6 is 11.6 Å². The van der Waals surface area contributed by atoms with Crippen molar-refractivity contribution < 1.29 is 8.42 Å². The third-order valence-electron chi connectivity index (χ3n) is 6.37. The first-order valence-corrected chi connectivity index (χ1v) is 13.5. The molecule has 0 bridgehead atoms. The van der Waals surface area contributed by atoms with Gasteiger partial charge in [0.05, 0.1) is 10.4 Å². The van der Waals surface area contributed by atoms with Crippen LogP contribution in [-0.4, -0.2) is 66.0 Å². The molecule has 36 heavy (non-hydrogen) atoms. The Kier molecular flexibility index (Phi) is 6.65. The Hall–Kier alpha value is -3.11. The van der Waals surface area contributed by atoms with Crippen molar-refractivity contribution in [2.45, 2.75) is 18.7 Å². The maximum Gasteiger partial charge on any atom is 0.247 e. The van der Waals surface area contributed by atoms with Gasteiger partial charge in [-0.15, -0.1) is 10.2 Å². The highest BCUT2D eigenvalue weighted by molar-refractivity contribution is 7.89. The zero-order chi connectivity index (χ0) is 25.4. The molecule has 1 saturated heterocycles. The van der Waals surface area contributed by atoms with E-state index in [0.29, 0.717) is 53.9 Å². The summed E-state index contributed by atoms with van der Waals surface area (Å²) >= 11 is 6.44. The second-order valence-electron chi connectivity index (χ2n) is 9.14. The number of piperazine rings is 1.